The van der Waals surface area contributed by atoms with Crippen LogP contribution in [-0.2, 0) is 19.3 Å². The van der Waals surface area contributed by atoms with E-state index in [-0.39, 0.29) is 5.38 Å². The number of benzene rings is 1. The largest absolute Gasteiger partial charge is 0.123 e. The quantitative estimate of drug-likeness (QED) is 0.681. The zero-order valence-corrected chi connectivity index (χ0v) is 11.1. The highest BCUT2D eigenvalue weighted by Gasteiger charge is 2.15. The van der Waals surface area contributed by atoms with Crippen molar-refractivity contribution in [2.45, 2.75) is 51.3 Å². The fourth-order valence-corrected chi connectivity index (χ4v) is 2.95. The number of alkyl halides is 1. The van der Waals surface area contributed by atoms with Gasteiger partial charge in [0, 0.05) is 5.38 Å². The number of hydrogen-bond acceptors (Lipinski definition) is 0. The normalized spacial score (nSPS) is 18.2. The summed E-state index contributed by atoms with van der Waals surface area (Å²) in [5, 5.41) is 0.276. The fourth-order valence-electron chi connectivity index (χ4n) is 2.69. The third-order valence-corrected chi connectivity index (χ3v) is 4.19. The molecule has 0 saturated carbocycles. The van der Waals surface area contributed by atoms with Crippen LogP contribution in [0.4, 0.5) is 0 Å². The van der Waals surface area contributed by atoms with Gasteiger partial charge in [0.15, 0.2) is 0 Å². The van der Waals surface area contributed by atoms with Gasteiger partial charge in [-0.05, 0) is 55.2 Å². The fraction of sp³-hybridized carbons (Fsp3) is 0.600. The minimum absolute atomic E-state index is 0.276. The summed E-state index contributed by atoms with van der Waals surface area (Å²) < 4.78 is 0. The molecule has 16 heavy (non-hydrogen) atoms. The van der Waals surface area contributed by atoms with Crippen LogP contribution in [0.15, 0.2) is 18.2 Å². The standard InChI is InChI=1S/C15H21Cl/c1-3-13(11(2)16)9-12-7-8-14-5-4-6-15(14)10-12/h7-8,10-11,13H,3-6,9H2,1-2H3. The van der Waals surface area contributed by atoms with Gasteiger partial charge in [0.25, 0.3) is 0 Å². The third-order valence-electron chi connectivity index (χ3n) is 3.83. The Bertz CT molecular complexity index is 354. The van der Waals surface area contributed by atoms with E-state index in [0.29, 0.717) is 5.92 Å². The maximum Gasteiger partial charge on any atom is 0.0339 e. The van der Waals surface area contributed by atoms with Crippen molar-refractivity contribution in [1.29, 1.82) is 0 Å². The molecular formula is C15H21Cl. The predicted molar refractivity (Wildman–Crippen MR) is 71.3 cm³/mol. The highest BCUT2D eigenvalue weighted by Crippen LogP contribution is 2.26. The Hall–Kier alpha value is -0.490. The van der Waals surface area contributed by atoms with Crippen molar-refractivity contribution in [3.63, 3.8) is 0 Å². The molecule has 0 bridgehead atoms. The first-order chi connectivity index (χ1) is 7.70. The van der Waals surface area contributed by atoms with E-state index in [1.54, 1.807) is 11.1 Å². The number of halogens is 1. The van der Waals surface area contributed by atoms with E-state index in [2.05, 4.69) is 32.0 Å². The maximum absolute atomic E-state index is 6.21. The van der Waals surface area contributed by atoms with Gasteiger partial charge in [-0.3, -0.25) is 0 Å². The van der Waals surface area contributed by atoms with E-state index < -0.39 is 0 Å². The second-order valence-corrected chi connectivity index (χ2v) is 5.70. The molecular weight excluding hydrogens is 216 g/mol. The van der Waals surface area contributed by atoms with Gasteiger partial charge in [0.2, 0.25) is 0 Å². The van der Waals surface area contributed by atoms with Gasteiger partial charge in [-0.1, -0.05) is 31.5 Å². The molecule has 1 aromatic carbocycles. The van der Waals surface area contributed by atoms with Gasteiger partial charge >= 0.3 is 0 Å². The van der Waals surface area contributed by atoms with Crippen molar-refractivity contribution in [3.8, 4) is 0 Å². The lowest BCUT2D eigenvalue weighted by atomic mass is 9.93. The Kier molecular flexibility index (Phi) is 3.91. The third kappa shape index (κ3) is 2.60. The van der Waals surface area contributed by atoms with Crippen LogP contribution in [0.5, 0.6) is 0 Å². The Labute approximate surface area is 104 Å². The second-order valence-electron chi connectivity index (χ2n) is 5.01. The summed E-state index contributed by atoms with van der Waals surface area (Å²) >= 11 is 6.21. The molecule has 2 atom stereocenters. The molecule has 0 saturated heterocycles. The van der Waals surface area contributed by atoms with E-state index in [1.165, 1.54) is 31.2 Å². The number of aryl methyl sites for hydroxylation is 2. The molecule has 0 N–H and O–H groups in total. The van der Waals surface area contributed by atoms with E-state index in [4.69, 9.17) is 11.6 Å². The Balaban J connectivity index is 2.10. The molecule has 2 rings (SSSR count). The zero-order valence-electron chi connectivity index (χ0n) is 10.3. The van der Waals surface area contributed by atoms with Crippen molar-refractivity contribution in [3.05, 3.63) is 34.9 Å². The van der Waals surface area contributed by atoms with Gasteiger partial charge in [-0.2, -0.15) is 0 Å². The van der Waals surface area contributed by atoms with Gasteiger partial charge in [0.05, 0.1) is 0 Å². The molecule has 0 aromatic heterocycles. The maximum atomic E-state index is 6.21. The molecule has 0 amide bonds. The van der Waals surface area contributed by atoms with Gasteiger partial charge in [0.1, 0.15) is 0 Å². The molecule has 1 aliphatic carbocycles. The molecule has 0 nitrogen and oxygen atoms in total. The lowest BCUT2D eigenvalue weighted by Crippen LogP contribution is -2.13. The molecule has 0 radical (unpaired) electrons. The molecule has 2 unspecified atom stereocenters. The first-order valence-electron chi connectivity index (χ1n) is 6.45. The number of rotatable bonds is 4. The molecule has 1 heteroatoms. The average Bonchev–Trinajstić information content (AvgIpc) is 2.72. The van der Waals surface area contributed by atoms with Crippen molar-refractivity contribution < 1.29 is 0 Å². The second kappa shape index (κ2) is 5.23. The van der Waals surface area contributed by atoms with Crippen molar-refractivity contribution in [2.75, 3.05) is 0 Å². The van der Waals surface area contributed by atoms with E-state index in [0.717, 1.165) is 6.42 Å². The molecule has 1 aliphatic rings. The molecule has 0 spiro atoms. The van der Waals surface area contributed by atoms with Crippen LogP contribution in [0.25, 0.3) is 0 Å². The van der Waals surface area contributed by atoms with Crippen LogP contribution in [0, 0.1) is 5.92 Å². The summed E-state index contributed by atoms with van der Waals surface area (Å²) in [4.78, 5) is 0. The van der Waals surface area contributed by atoms with Crippen molar-refractivity contribution >= 4 is 11.6 Å². The Morgan fingerprint density at radius 3 is 2.69 bits per heavy atom. The first kappa shape index (κ1) is 12.0. The Morgan fingerprint density at radius 2 is 2.00 bits per heavy atom. The van der Waals surface area contributed by atoms with Crippen LogP contribution in [0.1, 0.15) is 43.4 Å². The molecule has 0 heterocycles. The first-order valence-corrected chi connectivity index (χ1v) is 6.89. The molecule has 0 aliphatic heterocycles. The summed E-state index contributed by atoms with van der Waals surface area (Å²) in [7, 11) is 0. The number of fused-ring (bicyclic) bond motifs is 1. The summed E-state index contributed by atoms with van der Waals surface area (Å²) in [6.07, 6.45) is 6.19. The van der Waals surface area contributed by atoms with E-state index in [1.807, 2.05) is 0 Å². The zero-order chi connectivity index (χ0) is 11.5. The summed E-state index contributed by atoms with van der Waals surface area (Å²) in [6, 6.07) is 7.03. The minimum Gasteiger partial charge on any atom is -0.123 e. The van der Waals surface area contributed by atoms with Crippen LogP contribution < -0.4 is 0 Å². The molecule has 1 aromatic rings. The highest BCUT2D eigenvalue weighted by molar-refractivity contribution is 6.20. The predicted octanol–water partition coefficient (Wildman–Crippen LogP) is 4.37. The van der Waals surface area contributed by atoms with Crippen LogP contribution in [0.2, 0.25) is 0 Å². The summed E-state index contributed by atoms with van der Waals surface area (Å²) in [5.74, 6) is 0.612. The van der Waals surface area contributed by atoms with Crippen LogP contribution >= 0.6 is 11.6 Å². The monoisotopic (exact) mass is 236 g/mol. The van der Waals surface area contributed by atoms with Gasteiger partial charge in [-0.25, -0.2) is 0 Å². The van der Waals surface area contributed by atoms with Crippen molar-refractivity contribution in [2.24, 2.45) is 5.92 Å². The number of hydrogen-bond donors (Lipinski definition) is 0. The smallest absolute Gasteiger partial charge is 0.0339 e. The lowest BCUT2D eigenvalue weighted by Gasteiger charge is -2.17. The molecule has 0 fully saturated rings. The van der Waals surface area contributed by atoms with E-state index in [9.17, 15) is 0 Å². The van der Waals surface area contributed by atoms with E-state index >= 15 is 0 Å². The van der Waals surface area contributed by atoms with Crippen LogP contribution in [0.3, 0.4) is 0 Å². The SMILES string of the molecule is CCC(Cc1ccc2c(c1)CCC2)C(C)Cl. The Morgan fingerprint density at radius 1 is 1.25 bits per heavy atom. The van der Waals surface area contributed by atoms with Gasteiger partial charge in [-0.15, -0.1) is 11.6 Å². The molecule has 88 valence electrons. The highest BCUT2D eigenvalue weighted by atomic mass is 35.5. The average molecular weight is 237 g/mol. The minimum atomic E-state index is 0.276. The van der Waals surface area contributed by atoms with Gasteiger partial charge < -0.3 is 0 Å². The topological polar surface area (TPSA) is 0 Å². The summed E-state index contributed by atoms with van der Waals surface area (Å²) in [6.45, 7) is 4.35. The summed E-state index contributed by atoms with van der Waals surface area (Å²) in [5.41, 5.74) is 4.62. The van der Waals surface area contributed by atoms with Crippen molar-refractivity contribution in [1.82, 2.24) is 0 Å². The lowest BCUT2D eigenvalue weighted by molar-refractivity contribution is 0.497. The van der Waals surface area contributed by atoms with Crippen LogP contribution in [-0.4, -0.2) is 5.38 Å².